The highest BCUT2D eigenvalue weighted by Gasteiger charge is 2.22. The first-order valence-corrected chi connectivity index (χ1v) is 8.26. The molecule has 126 valence electrons. The van der Waals surface area contributed by atoms with Crippen LogP contribution in [0.3, 0.4) is 0 Å². The number of hydrogen-bond acceptors (Lipinski definition) is 4. The van der Waals surface area contributed by atoms with Crippen LogP contribution in [-0.4, -0.2) is 48.4 Å². The fourth-order valence-electron chi connectivity index (χ4n) is 2.76. The molecule has 0 radical (unpaired) electrons. The van der Waals surface area contributed by atoms with E-state index in [4.69, 9.17) is 4.74 Å². The summed E-state index contributed by atoms with van der Waals surface area (Å²) in [5, 5.41) is 0. The summed E-state index contributed by atoms with van der Waals surface area (Å²) in [6, 6.07) is 5.69. The number of ether oxygens (including phenoxy) is 1. The Hall–Kier alpha value is -1.88. The topological polar surface area (TPSA) is 49.9 Å². The normalized spacial score (nSPS) is 15.8. The minimum atomic E-state index is -0.362. The maximum absolute atomic E-state index is 12.2. The average molecular weight is 318 g/mol. The van der Waals surface area contributed by atoms with Crippen LogP contribution >= 0.6 is 0 Å². The van der Waals surface area contributed by atoms with Crippen LogP contribution in [0, 0.1) is 0 Å². The molecule has 1 aliphatic heterocycles. The van der Waals surface area contributed by atoms with E-state index in [1.54, 1.807) is 11.0 Å². The lowest BCUT2D eigenvalue weighted by Crippen LogP contribution is -2.31. The van der Waals surface area contributed by atoms with Crippen LogP contribution in [0.1, 0.15) is 55.6 Å². The predicted octanol–water partition coefficient (Wildman–Crippen LogP) is 3.50. The molecule has 1 unspecified atom stereocenters. The molecule has 1 aliphatic rings. The van der Waals surface area contributed by atoms with E-state index < -0.39 is 0 Å². The van der Waals surface area contributed by atoms with E-state index in [-0.39, 0.29) is 17.9 Å². The molecular weight excluding hydrogens is 292 g/mol. The number of carbonyl (C=O) groups excluding carboxylic acids is 2. The minimum Gasteiger partial charge on any atom is -0.409 e. The maximum atomic E-state index is 12.2. The lowest BCUT2D eigenvalue weighted by molar-refractivity contribution is 0.101. The van der Waals surface area contributed by atoms with Gasteiger partial charge >= 0.3 is 6.09 Å². The molecule has 0 aromatic heterocycles. The Bertz CT molecular complexity index is 580. The number of nitrogens with zero attached hydrogens (tertiary/aromatic N) is 2. The number of Topliss-reactive ketones (excluding diaryl/α,β-unsaturated/α-hetero) is 1. The average Bonchev–Trinajstić information content (AvgIpc) is 3.07. The van der Waals surface area contributed by atoms with Gasteiger partial charge in [0, 0.05) is 19.1 Å². The van der Waals surface area contributed by atoms with Gasteiger partial charge in [0.15, 0.2) is 5.78 Å². The van der Waals surface area contributed by atoms with E-state index in [1.807, 2.05) is 19.2 Å². The van der Waals surface area contributed by atoms with Gasteiger partial charge in [0.2, 0.25) is 0 Å². The summed E-state index contributed by atoms with van der Waals surface area (Å²) in [6.45, 7) is 8.04. The molecule has 0 spiro atoms. The van der Waals surface area contributed by atoms with Crippen molar-refractivity contribution in [2.24, 2.45) is 0 Å². The van der Waals surface area contributed by atoms with Crippen LogP contribution in [0.25, 0.3) is 0 Å². The van der Waals surface area contributed by atoms with Gasteiger partial charge in [-0.05, 0) is 58.0 Å². The van der Waals surface area contributed by atoms with E-state index in [0.717, 1.165) is 38.0 Å². The summed E-state index contributed by atoms with van der Waals surface area (Å²) in [7, 11) is 2.04. The standard InChI is InChI=1S/C18H26N2O3/c1-5-19(4)13(2)15-8-9-16(14(3)21)17(12-15)23-18(22)20-10-6-7-11-20/h8-9,12-13H,5-7,10-11H2,1-4H3. The van der Waals surface area contributed by atoms with Gasteiger partial charge in [0.05, 0.1) is 5.56 Å². The van der Waals surface area contributed by atoms with Crippen molar-refractivity contribution in [1.82, 2.24) is 9.80 Å². The van der Waals surface area contributed by atoms with Crippen LogP contribution in [0.15, 0.2) is 18.2 Å². The number of likely N-dealkylation sites (tertiary alicyclic amines) is 1. The van der Waals surface area contributed by atoms with Gasteiger partial charge in [-0.1, -0.05) is 13.0 Å². The lowest BCUT2D eigenvalue weighted by Gasteiger charge is -2.24. The third-order valence-corrected chi connectivity index (χ3v) is 4.59. The van der Waals surface area contributed by atoms with Gasteiger partial charge in [0.1, 0.15) is 5.75 Å². The summed E-state index contributed by atoms with van der Waals surface area (Å²) < 4.78 is 5.54. The number of hydrogen-bond donors (Lipinski definition) is 0. The molecule has 1 aromatic rings. The van der Waals surface area contributed by atoms with Crippen molar-refractivity contribution in [2.75, 3.05) is 26.7 Å². The number of rotatable bonds is 5. The molecule has 5 heteroatoms. The number of carbonyl (C=O) groups is 2. The van der Waals surface area contributed by atoms with E-state index in [0.29, 0.717) is 11.3 Å². The van der Waals surface area contributed by atoms with Gasteiger partial charge in [-0.25, -0.2) is 4.79 Å². The predicted molar refractivity (Wildman–Crippen MR) is 90.0 cm³/mol. The zero-order valence-electron chi connectivity index (χ0n) is 14.5. The van der Waals surface area contributed by atoms with Gasteiger partial charge in [-0.2, -0.15) is 0 Å². The Labute approximate surface area is 138 Å². The molecule has 1 aromatic carbocycles. The molecule has 0 bridgehead atoms. The van der Waals surface area contributed by atoms with Gasteiger partial charge in [-0.15, -0.1) is 0 Å². The Kier molecular flexibility index (Phi) is 5.77. The summed E-state index contributed by atoms with van der Waals surface area (Å²) >= 11 is 0. The molecule has 23 heavy (non-hydrogen) atoms. The van der Waals surface area contributed by atoms with Gasteiger partial charge in [-0.3, -0.25) is 9.69 Å². The highest BCUT2D eigenvalue weighted by atomic mass is 16.6. The number of benzene rings is 1. The molecule has 1 saturated heterocycles. The molecule has 1 atom stereocenters. The molecule has 1 amide bonds. The summed E-state index contributed by atoms with van der Waals surface area (Å²) in [6.07, 6.45) is 1.65. The fourth-order valence-corrected chi connectivity index (χ4v) is 2.76. The smallest absolute Gasteiger partial charge is 0.409 e. The molecule has 1 fully saturated rings. The van der Waals surface area contributed by atoms with Gasteiger partial charge in [0.25, 0.3) is 0 Å². The second kappa shape index (κ2) is 7.59. The molecule has 0 saturated carbocycles. The Balaban J connectivity index is 2.26. The van der Waals surface area contributed by atoms with Crippen molar-refractivity contribution < 1.29 is 14.3 Å². The maximum Gasteiger partial charge on any atom is 0.415 e. The van der Waals surface area contributed by atoms with Crippen molar-refractivity contribution in [1.29, 1.82) is 0 Å². The van der Waals surface area contributed by atoms with Crippen LogP contribution in [-0.2, 0) is 0 Å². The highest BCUT2D eigenvalue weighted by molar-refractivity contribution is 5.97. The van der Waals surface area contributed by atoms with Gasteiger partial charge < -0.3 is 9.64 Å². The van der Waals surface area contributed by atoms with Crippen LogP contribution < -0.4 is 4.74 Å². The Morgan fingerprint density at radius 2 is 1.96 bits per heavy atom. The fraction of sp³-hybridized carbons (Fsp3) is 0.556. The third-order valence-electron chi connectivity index (χ3n) is 4.59. The van der Waals surface area contributed by atoms with Crippen LogP contribution in [0.2, 0.25) is 0 Å². The van der Waals surface area contributed by atoms with E-state index >= 15 is 0 Å². The molecule has 0 N–H and O–H groups in total. The van der Waals surface area contributed by atoms with E-state index in [9.17, 15) is 9.59 Å². The molecule has 5 nitrogen and oxygen atoms in total. The molecule has 1 heterocycles. The number of ketones is 1. The Morgan fingerprint density at radius 3 is 2.52 bits per heavy atom. The minimum absolute atomic E-state index is 0.0997. The number of amides is 1. The zero-order chi connectivity index (χ0) is 17.0. The molecule has 2 rings (SSSR count). The highest BCUT2D eigenvalue weighted by Crippen LogP contribution is 2.27. The van der Waals surface area contributed by atoms with Crippen LogP contribution in [0.4, 0.5) is 4.79 Å². The van der Waals surface area contributed by atoms with Crippen molar-refractivity contribution in [3.8, 4) is 5.75 Å². The quantitative estimate of drug-likeness (QED) is 0.780. The first-order chi connectivity index (χ1) is 10.9. The summed E-state index contributed by atoms with van der Waals surface area (Å²) in [4.78, 5) is 27.9. The third kappa shape index (κ3) is 4.10. The van der Waals surface area contributed by atoms with Crippen molar-refractivity contribution in [3.05, 3.63) is 29.3 Å². The Morgan fingerprint density at radius 1 is 1.30 bits per heavy atom. The lowest BCUT2D eigenvalue weighted by atomic mass is 10.0. The largest absolute Gasteiger partial charge is 0.415 e. The SMILES string of the molecule is CCN(C)C(C)c1ccc(C(C)=O)c(OC(=O)N2CCCC2)c1. The zero-order valence-corrected chi connectivity index (χ0v) is 14.5. The first-order valence-electron chi connectivity index (χ1n) is 8.26. The van der Waals surface area contributed by atoms with E-state index in [2.05, 4.69) is 18.7 Å². The first kappa shape index (κ1) is 17.5. The monoisotopic (exact) mass is 318 g/mol. The second-order valence-electron chi connectivity index (χ2n) is 6.12. The van der Waals surface area contributed by atoms with E-state index in [1.165, 1.54) is 6.92 Å². The van der Waals surface area contributed by atoms with Crippen molar-refractivity contribution in [3.63, 3.8) is 0 Å². The second-order valence-corrected chi connectivity index (χ2v) is 6.12. The summed E-state index contributed by atoms with van der Waals surface area (Å²) in [5.74, 6) is 0.264. The van der Waals surface area contributed by atoms with Crippen molar-refractivity contribution in [2.45, 2.75) is 39.7 Å². The summed E-state index contributed by atoms with van der Waals surface area (Å²) in [5.41, 5.74) is 1.48. The molecule has 0 aliphatic carbocycles. The van der Waals surface area contributed by atoms with Crippen LogP contribution in [0.5, 0.6) is 5.75 Å². The molecular formula is C18H26N2O3. The van der Waals surface area contributed by atoms with Crippen molar-refractivity contribution >= 4 is 11.9 Å².